The highest BCUT2D eigenvalue weighted by atomic mass is 16.2. The number of hydrogen-bond acceptors (Lipinski definition) is 2. The molecule has 1 saturated carbocycles. The molecule has 1 amide bonds. The lowest BCUT2D eigenvalue weighted by Gasteiger charge is -2.39. The molecule has 2 aliphatic rings. The third-order valence-corrected chi connectivity index (χ3v) is 4.29. The number of rotatable bonds is 2. The first-order valence-electron chi connectivity index (χ1n) is 6.71. The second kappa shape index (κ2) is 5.17. The SMILES string of the molecule is CC1NCCN(C(=O)CC2CCCC2)C1C. The molecule has 0 aromatic rings. The van der Waals surface area contributed by atoms with E-state index in [-0.39, 0.29) is 0 Å². The summed E-state index contributed by atoms with van der Waals surface area (Å²) in [5.74, 6) is 1.05. The van der Waals surface area contributed by atoms with Crippen LogP contribution < -0.4 is 5.32 Å². The van der Waals surface area contributed by atoms with Gasteiger partial charge in [-0.25, -0.2) is 0 Å². The molecule has 92 valence electrons. The maximum Gasteiger partial charge on any atom is 0.223 e. The Kier molecular flexibility index (Phi) is 3.85. The quantitative estimate of drug-likeness (QED) is 0.775. The van der Waals surface area contributed by atoms with Crippen molar-refractivity contribution < 1.29 is 4.79 Å². The molecule has 16 heavy (non-hydrogen) atoms. The summed E-state index contributed by atoms with van der Waals surface area (Å²) >= 11 is 0. The van der Waals surface area contributed by atoms with Crippen molar-refractivity contribution in [2.75, 3.05) is 13.1 Å². The molecule has 3 heteroatoms. The number of hydrogen-bond donors (Lipinski definition) is 1. The number of piperazine rings is 1. The molecule has 0 aromatic carbocycles. The van der Waals surface area contributed by atoms with Gasteiger partial charge in [-0.15, -0.1) is 0 Å². The third-order valence-electron chi connectivity index (χ3n) is 4.29. The molecule has 2 fully saturated rings. The molecule has 1 aliphatic heterocycles. The fourth-order valence-electron chi connectivity index (χ4n) is 2.99. The van der Waals surface area contributed by atoms with E-state index in [9.17, 15) is 4.79 Å². The number of carbonyl (C=O) groups is 1. The number of carbonyl (C=O) groups excluding carboxylic acids is 1. The van der Waals surface area contributed by atoms with Gasteiger partial charge in [0.1, 0.15) is 0 Å². The molecule has 3 nitrogen and oxygen atoms in total. The highest BCUT2D eigenvalue weighted by Crippen LogP contribution is 2.28. The minimum atomic E-state index is 0.350. The number of amides is 1. The first-order chi connectivity index (χ1) is 7.68. The zero-order valence-corrected chi connectivity index (χ0v) is 10.5. The highest BCUT2D eigenvalue weighted by Gasteiger charge is 2.29. The average molecular weight is 224 g/mol. The van der Waals surface area contributed by atoms with E-state index >= 15 is 0 Å². The van der Waals surface area contributed by atoms with Gasteiger partial charge in [0, 0.05) is 31.6 Å². The summed E-state index contributed by atoms with van der Waals surface area (Å²) in [6.07, 6.45) is 5.97. The van der Waals surface area contributed by atoms with Gasteiger partial charge < -0.3 is 10.2 Å². The van der Waals surface area contributed by atoms with E-state index in [1.807, 2.05) is 0 Å². The van der Waals surface area contributed by atoms with Crippen LogP contribution in [0, 0.1) is 5.92 Å². The summed E-state index contributed by atoms with van der Waals surface area (Å²) < 4.78 is 0. The molecular weight excluding hydrogens is 200 g/mol. The fourth-order valence-corrected chi connectivity index (χ4v) is 2.99. The molecule has 0 aromatic heterocycles. The van der Waals surface area contributed by atoms with Crippen molar-refractivity contribution in [3.63, 3.8) is 0 Å². The second-order valence-corrected chi connectivity index (χ2v) is 5.43. The molecule has 2 unspecified atom stereocenters. The Bertz CT molecular complexity index is 248. The fraction of sp³-hybridized carbons (Fsp3) is 0.923. The smallest absolute Gasteiger partial charge is 0.223 e. The van der Waals surface area contributed by atoms with Crippen LogP contribution in [-0.2, 0) is 4.79 Å². The minimum Gasteiger partial charge on any atom is -0.337 e. The Balaban J connectivity index is 1.87. The van der Waals surface area contributed by atoms with Gasteiger partial charge in [0.15, 0.2) is 0 Å². The third kappa shape index (κ3) is 2.57. The van der Waals surface area contributed by atoms with E-state index in [0.29, 0.717) is 23.9 Å². The van der Waals surface area contributed by atoms with Crippen molar-refractivity contribution in [1.29, 1.82) is 0 Å². The van der Waals surface area contributed by atoms with Crippen molar-refractivity contribution in [3.05, 3.63) is 0 Å². The van der Waals surface area contributed by atoms with Crippen LogP contribution in [0.2, 0.25) is 0 Å². The van der Waals surface area contributed by atoms with Gasteiger partial charge in [0.05, 0.1) is 0 Å². The maximum absolute atomic E-state index is 12.2. The minimum absolute atomic E-state index is 0.350. The van der Waals surface area contributed by atoms with Gasteiger partial charge >= 0.3 is 0 Å². The Morgan fingerprint density at radius 1 is 1.31 bits per heavy atom. The largest absolute Gasteiger partial charge is 0.337 e. The predicted molar refractivity (Wildman–Crippen MR) is 65.2 cm³/mol. The van der Waals surface area contributed by atoms with Crippen LogP contribution in [0.1, 0.15) is 46.0 Å². The van der Waals surface area contributed by atoms with Gasteiger partial charge in [-0.2, -0.15) is 0 Å². The lowest BCUT2D eigenvalue weighted by atomic mass is 10.0. The number of nitrogens with zero attached hydrogens (tertiary/aromatic N) is 1. The van der Waals surface area contributed by atoms with Crippen LogP contribution >= 0.6 is 0 Å². The zero-order chi connectivity index (χ0) is 11.5. The summed E-state index contributed by atoms with van der Waals surface area (Å²) in [5, 5.41) is 3.42. The summed E-state index contributed by atoms with van der Waals surface area (Å²) in [5.41, 5.74) is 0. The van der Waals surface area contributed by atoms with E-state index in [1.165, 1.54) is 25.7 Å². The highest BCUT2D eigenvalue weighted by molar-refractivity contribution is 5.77. The zero-order valence-electron chi connectivity index (χ0n) is 10.5. The summed E-state index contributed by atoms with van der Waals surface area (Å²) in [7, 11) is 0. The van der Waals surface area contributed by atoms with Crippen molar-refractivity contribution in [2.24, 2.45) is 5.92 Å². The number of nitrogens with one attached hydrogen (secondary N) is 1. The molecule has 0 spiro atoms. The molecule has 2 atom stereocenters. The average Bonchev–Trinajstić information content (AvgIpc) is 2.74. The van der Waals surface area contributed by atoms with Crippen LogP contribution in [0.25, 0.3) is 0 Å². The van der Waals surface area contributed by atoms with Crippen LogP contribution in [0.5, 0.6) is 0 Å². The Hall–Kier alpha value is -0.570. The van der Waals surface area contributed by atoms with Gasteiger partial charge in [-0.1, -0.05) is 12.8 Å². The van der Waals surface area contributed by atoms with Gasteiger partial charge in [0.25, 0.3) is 0 Å². The van der Waals surface area contributed by atoms with Crippen LogP contribution in [-0.4, -0.2) is 36.0 Å². The summed E-state index contributed by atoms with van der Waals surface area (Å²) in [6, 6.07) is 0.781. The molecule has 2 rings (SSSR count). The molecule has 1 aliphatic carbocycles. The molecule has 0 bridgehead atoms. The van der Waals surface area contributed by atoms with Crippen molar-refractivity contribution in [1.82, 2.24) is 10.2 Å². The standard InChI is InChI=1S/C13H24N2O/c1-10-11(2)15(8-7-14-10)13(16)9-12-5-3-4-6-12/h10-12,14H,3-9H2,1-2H3. The molecule has 1 heterocycles. The first kappa shape index (κ1) is 11.9. The maximum atomic E-state index is 12.2. The Morgan fingerprint density at radius 2 is 2.00 bits per heavy atom. The molecule has 0 radical (unpaired) electrons. The van der Waals surface area contributed by atoms with Crippen molar-refractivity contribution in [2.45, 2.75) is 58.0 Å². The lowest BCUT2D eigenvalue weighted by molar-refractivity contribution is -0.135. The van der Waals surface area contributed by atoms with Crippen LogP contribution in [0.3, 0.4) is 0 Å². The van der Waals surface area contributed by atoms with Crippen LogP contribution in [0.4, 0.5) is 0 Å². The van der Waals surface area contributed by atoms with E-state index < -0.39 is 0 Å². The van der Waals surface area contributed by atoms with Crippen LogP contribution in [0.15, 0.2) is 0 Å². The molecule has 1 saturated heterocycles. The lowest BCUT2D eigenvalue weighted by Crippen LogP contribution is -2.57. The summed E-state index contributed by atoms with van der Waals surface area (Å²) in [6.45, 7) is 6.15. The Morgan fingerprint density at radius 3 is 2.69 bits per heavy atom. The predicted octanol–water partition coefficient (Wildman–Crippen LogP) is 1.78. The Labute approximate surface area is 98.6 Å². The topological polar surface area (TPSA) is 32.3 Å². The van der Waals surface area contributed by atoms with E-state index in [0.717, 1.165) is 19.5 Å². The molecule has 1 N–H and O–H groups in total. The van der Waals surface area contributed by atoms with E-state index in [2.05, 4.69) is 24.1 Å². The van der Waals surface area contributed by atoms with Crippen molar-refractivity contribution >= 4 is 5.91 Å². The summed E-state index contributed by atoms with van der Waals surface area (Å²) in [4.78, 5) is 14.3. The van der Waals surface area contributed by atoms with Gasteiger partial charge in [-0.3, -0.25) is 4.79 Å². The second-order valence-electron chi connectivity index (χ2n) is 5.43. The monoisotopic (exact) mass is 224 g/mol. The first-order valence-corrected chi connectivity index (χ1v) is 6.71. The van der Waals surface area contributed by atoms with E-state index in [4.69, 9.17) is 0 Å². The van der Waals surface area contributed by atoms with Gasteiger partial charge in [0.2, 0.25) is 5.91 Å². The van der Waals surface area contributed by atoms with E-state index in [1.54, 1.807) is 0 Å². The molecular formula is C13H24N2O. The van der Waals surface area contributed by atoms with Gasteiger partial charge in [-0.05, 0) is 32.6 Å². The normalized spacial score (nSPS) is 32.0. The van der Waals surface area contributed by atoms with Crippen molar-refractivity contribution in [3.8, 4) is 0 Å².